The van der Waals surface area contributed by atoms with E-state index in [9.17, 15) is 0 Å². The van der Waals surface area contributed by atoms with Gasteiger partial charge in [0.05, 0.1) is 6.54 Å². The fraction of sp³-hybridized carbons (Fsp3) is 0.273. The molecule has 0 saturated heterocycles. The van der Waals surface area contributed by atoms with Crippen molar-refractivity contribution in [2.75, 3.05) is 6.54 Å². The Hall–Kier alpha value is -1.46. The average Bonchev–Trinajstić information content (AvgIpc) is 2.28. The van der Waals surface area contributed by atoms with Gasteiger partial charge in [0.15, 0.2) is 11.9 Å². The number of hydrogen-bond donors (Lipinski definition) is 3. The average molecular weight is 288 g/mol. The molecule has 7 heteroatoms. The molecular formula is C11H15Cl2N5. The molecule has 0 bridgehead atoms. The Morgan fingerprint density at radius 3 is 2.56 bits per heavy atom. The molecule has 0 aromatic heterocycles. The molecule has 98 valence electrons. The number of rotatable bonds is 3. The summed E-state index contributed by atoms with van der Waals surface area (Å²) in [4.78, 5) is 5.54. The molecule has 5 N–H and O–H groups in total. The maximum Gasteiger partial charge on any atom is 0.198 e. The minimum Gasteiger partial charge on any atom is -0.370 e. The van der Waals surface area contributed by atoms with Crippen molar-refractivity contribution in [2.24, 2.45) is 16.5 Å². The van der Waals surface area contributed by atoms with Crippen molar-refractivity contribution in [1.82, 2.24) is 4.90 Å². The number of hydrogen-bond acceptors (Lipinski definition) is 2. The summed E-state index contributed by atoms with van der Waals surface area (Å²) in [5.74, 6) is 0.0527. The van der Waals surface area contributed by atoms with Crippen LogP contribution in [0.25, 0.3) is 0 Å². The molecule has 0 radical (unpaired) electrons. The third-order valence-corrected chi connectivity index (χ3v) is 2.90. The van der Waals surface area contributed by atoms with Gasteiger partial charge in [0, 0.05) is 16.6 Å². The lowest BCUT2D eigenvalue weighted by Crippen LogP contribution is -2.45. The highest BCUT2D eigenvalue weighted by atomic mass is 35.5. The molecule has 1 aromatic rings. The Kier molecular flexibility index (Phi) is 5.25. The summed E-state index contributed by atoms with van der Waals surface area (Å²) in [6, 6.07) is 5.16. The minimum atomic E-state index is -0.138. The number of guanidine groups is 2. The highest BCUT2D eigenvalue weighted by molar-refractivity contribution is 6.35. The van der Waals surface area contributed by atoms with Crippen molar-refractivity contribution in [3.05, 3.63) is 33.8 Å². The monoisotopic (exact) mass is 287 g/mol. The highest BCUT2D eigenvalue weighted by Crippen LogP contribution is 2.21. The zero-order chi connectivity index (χ0) is 13.7. The number of nitrogens with zero attached hydrogens (tertiary/aromatic N) is 2. The highest BCUT2D eigenvalue weighted by Gasteiger charge is 2.08. The van der Waals surface area contributed by atoms with Gasteiger partial charge in [-0.2, -0.15) is 0 Å². The van der Waals surface area contributed by atoms with Crippen molar-refractivity contribution in [3.8, 4) is 0 Å². The van der Waals surface area contributed by atoms with Crippen LogP contribution in [-0.4, -0.2) is 23.4 Å². The topological polar surface area (TPSA) is 91.5 Å². The maximum atomic E-state index is 7.33. The van der Waals surface area contributed by atoms with E-state index in [0.717, 1.165) is 5.56 Å². The molecule has 5 nitrogen and oxygen atoms in total. The van der Waals surface area contributed by atoms with Crippen molar-refractivity contribution in [3.63, 3.8) is 0 Å². The third-order valence-electron chi connectivity index (χ3n) is 2.31. The first kappa shape index (κ1) is 14.6. The Morgan fingerprint density at radius 1 is 1.39 bits per heavy atom. The normalized spacial score (nSPS) is 11.4. The van der Waals surface area contributed by atoms with Crippen LogP contribution in [0.4, 0.5) is 0 Å². The lowest BCUT2D eigenvalue weighted by molar-refractivity contribution is 0.618. The number of benzene rings is 1. The Morgan fingerprint density at radius 2 is 2.06 bits per heavy atom. The molecular weight excluding hydrogens is 273 g/mol. The molecule has 0 aliphatic rings. The molecule has 0 unspecified atom stereocenters. The second-order valence-corrected chi connectivity index (χ2v) is 4.38. The van der Waals surface area contributed by atoms with Gasteiger partial charge in [-0.25, -0.2) is 4.99 Å². The van der Waals surface area contributed by atoms with Gasteiger partial charge in [-0.1, -0.05) is 29.3 Å². The number of nitrogens with one attached hydrogen (secondary N) is 1. The van der Waals surface area contributed by atoms with Gasteiger partial charge in [0.2, 0.25) is 0 Å². The van der Waals surface area contributed by atoms with Gasteiger partial charge < -0.3 is 11.5 Å². The van der Waals surface area contributed by atoms with Gasteiger partial charge >= 0.3 is 0 Å². The van der Waals surface area contributed by atoms with Crippen molar-refractivity contribution < 1.29 is 0 Å². The molecule has 1 aromatic carbocycles. The molecule has 0 aliphatic heterocycles. The smallest absolute Gasteiger partial charge is 0.198 e. The molecule has 18 heavy (non-hydrogen) atoms. The van der Waals surface area contributed by atoms with Crippen LogP contribution in [0.1, 0.15) is 12.5 Å². The number of nitrogens with two attached hydrogens (primary N) is 2. The van der Waals surface area contributed by atoms with Gasteiger partial charge in [-0.15, -0.1) is 0 Å². The van der Waals surface area contributed by atoms with Crippen LogP contribution < -0.4 is 11.5 Å². The molecule has 0 amide bonds. The van der Waals surface area contributed by atoms with Crippen LogP contribution >= 0.6 is 23.2 Å². The van der Waals surface area contributed by atoms with Gasteiger partial charge in [-0.05, 0) is 24.6 Å². The van der Waals surface area contributed by atoms with E-state index in [1.165, 1.54) is 4.90 Å². The van der Waals surface area contributed by atoms with E-state index in [4.69, 9.17) is 40.1 Å². The molecule has 0 spiro atoms. The third kappa shape index (κ3) is 3.78. The van der Waals surface area contributed by atoms with Gasteiger partial charge in [0.1, 0.15) is 0 Å². The van der Waals surface area contributed by atoms with Gasteiger partial charge in [-0.3, -0.25) is 10.3 Å². The van der Waals surface area contributed by atoms with Crippen LogP contribution in [0.2, 0.25) is 10.0 Å². The summed E-state index contributed by atoms with van der Waals surface area (Å²) in [5, 5.41) is 8.44. The van der Waals surface area contributed by atoms with E-state index in [0.29, 0.717) is 23.1 Å². The molecule has 0 aliphatic carbocycles. The van der Waals surface area contributed by atoms with Crippen molar-refractivity contribution in [2.45, 2.75) is 13.5 Å². The summed E-state index contributed by atoms with van der Waals surface area (Å²) in [5.41, 5.74) is 11.9. The zero-order valence-electron chi connectivity index (χ0n) is 9.95. The summed E-state index contributed by atoms with van der Waals surface area (Å²) < 4.78 is 0. The largest absolute Gasteiger partial charge is 0.370 e. The fourth-order valence-electron chi connectivity index (χ4n) is 1.36. The second-order valence-electron chi connectivity index (χ2n) is 3.54. The lowest BCUT2D eigenvalue weighted by atomic mass is 10.2. The first-order valence-corrected chi connectivity index (χ1v) is 6.06. The first-order valence-electron chi connectivity index (χ1n) is 5.31. The van der Waals surface area contributed by atoms with Crippen molar-refractivity contribution in [1.29, 1.82) is 5.41 Å². The van der Waals surface area contributed by atoms with Crippen LogP contribution in [-0.2, 0) is 6.54 Å². The van der Waals surface area contributed by atoms with E-state index in [2.05, 4.69) is 4.99 Å². The van der Waals surface area contributed by atoms with Crippen LogP contribution in [0.3, 0.4) is 0 Å². The van der Waals surface area contributed by atoms with E-state index in [1.807, 2.05) is 6.92 Å². The van der Waals surface area contributed by atoms with E-state index in [1.54, 1.807) is 18.2 Å². The van der Waals surface area contributed by atoms with E-state index >= 15 is 0 Å². The summed E-state index contributed by atoms with van der Waals surface area (Å²) in [6.07, 6.45) is 0. The van der Waals surface area contributed by atoms with Crippen LogP contribution in [0.5, 0.6) is 0 Å². The van der Waals surface area contributed by atoms with Crippen molar-refractivity contribution >= 4 is 35.1 Å². The molecule has 0 saturated carbocycles. The Balaban J connectivity index is 2.82. The molecule has 0 fully saturated rings. The minimum absolute atomic E-state index is 0.138. The SMILES string of the molecule is CCN(C(=N)N)C(N)=NCc1ccc(Cl)cc1Cl. The quantitative estimate of drug-likeness (QED) is 0.587. The number of aliphatic imine (C=N–C) groups is 1. The van der Waals surface area contributed by atoms with Crippen LogP contribution in [0, 0.1) is 5.41 Å². The van der Waals surface area contributed by atoms with E-state index in [-0.39, 0.29) is 11.9 Å². The molecule has 1 rings (SSSR count). The zero-order valence-corrected chi connectivity index (χ0v) is 11.5. The summed E-state index contributed by atoms with van der Waals surface area (Å²) in [7, 11) is 0. The summed E-state index contributed by atoms with van der Waals surface area (Å²) in [6.45, 7) is 2.63. The predicted molar refractivity (Wildman–Crippen MR) is 76.1 cm³/mol. The molecule has 0 atom stereocenters. The fourth-order valence-corrected chi connectivity index (χ4v) is 1.83. The lowest BCUT2D eigenvalue weighted by Gasteiger charge is -2.19. The first-order chi connectivity index (χ1) is 8.45. The van der Waals surface area contributed by atoms with E-state index < -0.39 is 0 Å². The molecule has 0 heterocycles. The van der Waals surface area contributed by atoms with Gasteiger partial charge in [0.25, 0.3) is 0 Å². The summed E-state index contributed by atoms with van der Waals surface area (Å²) >= 11 is 11.8. The maximum absolute atomic E-state index is 7.33. The van der Waals surface area contributed by atoms with Crippen LogP contribution in [0.15, 0.2) is 23.2 Å². The predicted octanol–water partition coefficient (Wildman–Crippen LogP) is 2.02. The number of halogens is 2. The standard InChI is InChI=1S/C11H15Cl2N5/c1-2-18(10(14)15)11(16)17-6-7-3-4-8(12)5-9(7)13/h3-5H,2,6H2,1H3,(H3,14,15)(H2,16,17). The Labute approximate surface area is 116 Å². The second kappa shape index (κ2) is 6.47. The Bertz CT molecular complexity index is 473.